The van der Waals surface area contributed by atoms with Gasteiger partial charge in [-0.1, -0.05) is 18.2 Å². The first-order valence-electron chi connectivity index (χ1n) is 9.91. The number of rotatable bonds is 4. The zero-order valence-electron chi connectivity index (χ0n) is 16.0. The normalized spacial score (nSPS) is 19.5. The van der Waals surface area contributed by atoms with Crippen LogP contribution in [0.15, 0.2) is 53.4 Å². The number of hydrogen-bond donors (Lipinski definition) is 0. The number of nitrogens with zero attached hydrogens (tertiary/aromatic N) is 1. The number of ketones is 1. The number of para-hydroxylation sites is 1. The summed E-state index contributed by atoms with van der Waals surface area (Å²) in [4.78, 5) is 24.3. The van der Waals surface area contributed by atoms with Crippen molar-refractivity contribution in [1.29, 1.82) is 0 Å². The number of ether oxygens (including phenoxy) is 1. The van der Waals surface area contributed by atoms with Gasteiger partial charge in [-0.2, -0.15) is 0 Å². The summed E-state index contributed by atoms with van der Waals surface area (Å²) in [5.74, 6) is -0.648. The van der Waals surface area contributed by atoms with Gasteiger partial charge in [0.25, 0.3) is 10.0 Å². The molecule has 0 N–H and O–H groups in total. The number of anilines is 1. The highest BCUT2D eigenvalue weighted by Crippen LogP contribution is 2.31. The summed E-state index contributed by atoms with van der Waals surface area (Å²) >= 11 is 0. The number of aryl methyl sites for hydroxylation is 1. The molecular weight excluding hydrogens is 390 g/mol. The summed E-state index contributed by atoms with van der Waals surface area (Å²) in [6.45, 7) is 0.424. The Morgan fingerprint density at radius 2 is 1.72 bits per heavy atom. The van der Waals surface area contributed by atoms with Crippen molar-refractivity contribution in [3.63, 3.8) is 0 Å². The number of esters is 1. The smallest absolute Gasteiger partial charge is 0.338 e. The number of sulfonamides is 1. The predicted molar refractivity (Wildman–Crippen MR) is 108 cm³/mol. The van der Waals surface area contributed by atoms with Crippen molar-refractivity contribution >= 4 is 27.5 Å². The number of hydrogen-bond acceptors (Lipinski definition) is 5. The van der Waals surface area contributed by atoms with E-state index in [0.717, 1.165) is 31.2 Å². The fourth-order valence-corrected chi connectivity index (χ4v) is 5.45. The molecule has 0 saturated heterocycles. The Kier molecular flexibility index (Phi) is 5.41. The minimum Gasteiger partial charge on any atom is -0.451 e. The fourth-order valence-electron chi connectivity index (χ4n) is 3.91. The van der Waals surface area contributed by atoms with Crippen molar-refractivity contribution in [2.45, 2.75) is 49.5 Å². The average molecular weight is 413 g/mol. The van der Waals surface area contributed by atoms with Gasteiger partial charge in [-0.05, 0) is 68.0 Å². The van der Waals surface area contributed by atoms with E-state index in [1.807, 2.05) is 24.3 Å². The van der Waals surface area contributed by atoms with Crippen LogP contribution in [0.2, 0.25) is 0 Å². The Morgan fingerprint density at radius 1 is 0.966 bits per heavy atom. The van der Waals surface area contributed by atoms with Crippen LogP contribution < -0.4 is 4.31 Å². The van der Waals surface area contributed by atoms with Crippen LogP contribution in [-0.4, -0.2) is 32.8 Å². The lowest BCUT2D eigenvalue weighted by Gasteiger charge is -2.30. The van der Waals surface area contributed by atoms with E-state index in [1.54, 1.807) is 0 Å². The van der Waals surface area contributed by atoms with Gasteiger partial charge >= 0.3 is 5.97 Å². The molecule has 2 aromatic rings. The molecule has 0 amide bonds. The quantitative estimate of drug-likeness (QED) is 0.717. The van der Waals surface area contributed by atoms with Gasteiger partial charge < -0.3 is 4.74 Å². The molecule has 1 aliphatic heterocycles. The molecule has 4 rings (SSSR count). The summed E-state index contributed by atoms with van der Waals surface area (Å²) in [7, 11) is -3.73. The first-order chi connectivity index (χ1) is 14.0. The van der Waals surface area contributed by atoms with Crippen LogP contribution in [0.1, 0.15) is 48.0 Å². The molecule has 1 saturated carbocycles. The minimum absolute atomic E-state index is 0.0486. The van der Waals surface area contributed by atoms with Crippen LogP contribution in [-0.2, 0) is 26.0 Å². The van der Waals surface area contributed by atoms with Gasteiger partial charge in [-0.25, -0.2) is 13.2 Å². The topological polar surface area (TPSA) is 80.8 Å². The SMILES string of the molecule is O=C(O[C@H]1CCCCC1=O)c1ccc(S(=O)(=O)N2CCCc3ccccc32)cc1. The van der Waals surface area contributed by atoms with E-state index in [2.05, 4.69) is 0 Å². The average Bonchev–Trinajstić information content (AvgIpc) is 2.75. The zero-order valence-corrected chi connectivity index (χ0v) is 16.9. The standard InChI is InChI=1S/C22H23NO5S/c24-20-9-3-4-10-21(20)28-22(25)17-11-13-18(14-12-17)29(26,27)23-15-5-7-16-6-1-2-8-19(16)23/h1-2,6,8,11-14,21H,3-5,7,9-10,15H2/t21-/m0/s1. The molecule has 1 atom stereocenters. The van der Waals surface area contributed by atoms with Gasteiger partial charge in [-0.15, -0.1) is 0 Å². The van der Waals surface area contributed by atoms with Gasteiger partial charge in [0.15, 0.2) is 11.9 Å². The van der Waals surface area contributed by atoms with Crippen molar-refractivity contribution in [1.82, 2.24) is 0 Å². The van der Waals surface area contributed by atoms with E-state index >= 15 is 0 Å². The Labute approximate surface area is 170 Å². The summed E-state index contributed by atoms with van der Waals surface area (Å²) in [5.41, 5.74) is 1.96. The van der Waals surface area contributed by atoms with Crippen molar-refractivity contribution < 1.29 is 22.7 Å². The fraction of sp³-hybridized carbons (Fsp3) is 0.364. The van der Waals surface area contributed by atoms with Crippen molar-refractivity contribution in [2.24, 2.45) is 0 Å². The molecule has 0 radical (unpaired) electrons. The van der Waals surface area contributed by atoms with Gasteiger partial charge in [0.2, 0.25) is 0 Å². The second-order valence-electron chi connectivity index (χ2n) is 7.44. The van der Waals surface area contributed by atoms with Crippen LogP contribution >= 0.6 is 0 Å². The van der Waals surface area contributed by atoms with E-state index in [-0.39, 0.29) is 16.2 Å². The van der Waals surface area contributed by atoms with E-state index in [0.29, 0.717) is 25.1 Å². The molecule has 0 spiro atoms. The molecule has 0 aromatic heterocycles. The van der Waals surface area contributed by atoms with E-state index < -0.39 is 22.1 Å². The summed E-state index contributed by atoms with van der Waals surface area (Å²) in [6.07, 6.45) is 3.60. The van der Waals surface area contributed by atoms with Gasteiger partial charge in [0.05, 0.1) is 16.1 Å². The number of carbonyl (C=O) groups is 2. The summed E-state index contributed by atoms with van der Waals surface area (Å²) < 4.78 is 33.1. The first-order valence-corrected chi connectivity index (χ1v) is 11.4. The lowest BCUT2D eigenvalue weighted by atomic mass is 9.96. The van der Waals surface area contributed by atoms with Gasteiger partial charge in [0, 0.05) is 13.0 Å². The Hall–Kier alpha value is -2.67. The van der Waals surface area contributed by atoms with E-state index in [4.69, 9.17) is 4.74 Å². The van der Waals surface area contributed by atoms with E-state index in [1.165, 1.54) is 28.6 Å². The monoisotopic (exact) mass is 413 g/mol. The van der Waals surface area contributed by atoms with Crippen LogP contribution in [0.3, 0.4) is 0 Å². The Morgan fingerprint density at radius 3 is 2.48 bits per heavy atom. The van der Waals surface area contributed by atoms with Gasteiger partial charge in [-0.3, -0.25) is 9.10 Å². The third-order valence-electron chi connectivity index (χ3n) is 5.49. The third-order valence-corrected chi connectivity index (χ3v) is 7.32. The van der Waals surface area contributed by atoms with Crippen LogP contribution in [0.25, 0.3) is 0 Å². The molecule has 0 bridgehead atoms. The van der Waals surface area contributed by atoms with Crippen LogP contribution in [0.5, 0.6) is 0 Å². The Balaban J connectivity index is 1.53. The highest BCUT2D eigenvalue weighted by atomic mass is 32.2. The molecule has 29 heavy (non-hydrogen) atoms. The van der Waals surface area contributed by atoms with Crippen LogP contribution in [0, 0.1) is 0 Å². The molecule has 2 aliphatic rings. The lowest BCUT2D eigenvalue weighted by molar-refractivity contribution is -0.129. The van der Waals surface area contributed by atoms with Gasteiger partial charge in [0.1, 0.15) is 0 Å². The lowest BCUT2D eigenvalue weighted by Crippen LogP contribution is -2.35. The molecule has 1 aliphatic carbocycles. The van der Waals surface area contributed by atoms with Crippen LogP contribution in [0.4, 0.5) is 5.69 Å². The second-order valence-corrected chi connectivity index (χ2v) is 9.30. The highest BCUT2D eigenvalue weighted by Gasteiger charge is 2.30. The minimum atomic E-state index is -3.73. The number of fused-ring (bicyclic) bond motifs is 1. The highest BCUT2D eigenvalue weighted by molar-refractivity contribution is 7.92. The molecular formula is C22H23NO5S. The molecule has 2 aromatic carbocycles. The molecule has 7 heteroatoms. The largest absolute Gasteiger partial charge is 0.451 e. The van der Waals surface area contributed by atoms with E-state index in [9.17, 15) is 18.0 Å². The maximum atomic E-state index is 13.2. The summed E-state index contributed by atoms with van der Waals surface area (Å²) in [6, 6.07) is 13.2. The number of benzene rings is 2. The van der Waals surface area contributed by atoms with Crippen molar-refractivity contribution in [3.8, 4) is 0 Å². The predicted octanol–water partition coefficient (Wildman–Crippen LogP) is 3.50. The maximum Gasteiger partial charge on any atom is 0.338 e. The van der Waals surface area contributed by atoms with Crippen molar-refractivity contribution in [2.75, 3.05) is 10.8 Å². The second kappa shape index (κ2) is 7.99. The Bertz CT molecular complexity index is 1030. The molecule has 1 heterocycles. The molecule has 152 valence electrons. The first kappa shape index (κ1) is 19.6. The third kappa shape index (κ3) is 3.92. The molecule has 6 nitrogen and oxygen atoms in total. The molecule has 1 fully saturated rings. The number of carbonyl (C=O) groups excluding carboxylic acids is 2. The maximum absolute atomic E-state index is 13.2. The molecule has 0 unspecified atom stereocenters. The summed E-state index contributed by atoms with van der Waals surface area (Å²) in [5, 5.41) is 0. The van der Waals surface area contributed by atoms with Crippen molar-refractivity contribution in [3.05, 3.63) is 59.7 Å². The number of Topliss-reactive ketones (excluding diaryl/α,β-unsaturated/α-hetero) is 1. The zero-order chi connectivity index (χ0) is 20.4.